The molecule has 1 heterocycles. The third-order valence-corrected chi connectivity index (χ3v) is 7.79. The van der Waals surface area contributed by atoms with Crippen LogP contribution in [0.25, 0.3) is 0 Å². The SMILES string of the molecule is CCCCCOC(=O)N1CC(C(=O)c2ccc(SC)cc2)C(c2cc(C)c(OC(C)(C)C(=O)O)c(C)c2)C1. The number of amides is 1. The number of nitrogens with zero attached hydrogens (tertiary/aromatic N) is 1. The molecule has 2 aromatic rings. The fourth-order valence-electron chi connectivity index (χ4n) is 4.79. The van der Waals surface area contributed by atoms with Gasteiger partial charge in [0.05, 0.1) is 6.61 Å². The zero-order valence-corrected chi connectivity index (χ0v) is 24.0. The van der Waals surface area contributed by atoms with Crippen LogP contribution >= 0.6 is 11.8 Å². The highest BCUT2D eigenvalue weighted by molar-refractivity contribution is 7.98. The molecule has 206 valence electrons. The summed E-state index contributed by atoms with van der Waals surface area (Å²) in [6.07, 6.45) is 4.45. The summed E-state index contributed by atoms with van der Waals surface area (Å²) in [7, 11) is 0. The van der Waals surface area contributed by atoms with Crippen molar-refractivity contribution < 1.29 is 29.0 Å². The molecule has 1 amide bonds. The number of hydrogen-bond donors (Lipinski definition) is 1. The van der Waals surface area contributed by atoms with Crippen LogP contribution in [0, 0.1) is 19.8 Å². The Balaban J connectivity index is 1.92. The van der Waals surface area contributed by atoms with Crippen molar-refractivity contribution in [2.24, 2.45) is 5.92 Å². The van der Waals surface area contributed by atoms with Gasteiger partial charge in [-0.05, 0) is 69.2 Å². The highest BCUT2D eigenvalue weighted by atomic mass is 32.2. The summed E-state index contributed by atoms with van der Waals surface area (Å²) in [6, 6.07) is 11.4. The van der Waals surface area contributed by atoms with Crippen molar-refractivity contribution in [2.45, 2.75) is 70.3 Å². The molecule has 1 saturated heterocycles. The van der Waals surface area contributed by atoms with Crippen molar-refractivity contribution in [3.63, 3.8) is 0 Å². The molecule has 1 fully saturated rings. The maximum absolute atomic E-state index is 13.7. The minimum absolute atomic E-state index is 0.00780. The molecule has 1 N–H and O–H groups in total. The van der Waals surface area contributed by atoms with E-state index in [9.17, 15) is 19.5 Å². The minimum Gasteiger partial charge on any atom is -0.478 e. The summed E-state index contributed by atoms with van der Waals surface area (Å²) in [5.41, 5.74) is 1.72. The van der Waals surface area contributed by atoms with Crippen molar-refractivity contribution >= 4 is 29.6 Å². The standard InChI is InChI=1S/C30H39NO6S/c1-7-8-9-14-36-29(35)31-17-24(25(18-31)26(32)21-10-12-23(38-6)13-11-21)22-15-19(2)27(20(3)16-22)37-30(4,5)28(33)34/h10-13,15-16,24-25H,7-9,14,17-18H2,1-6H3,(H,33,34). The first-order valence-corrected chi connectivity index (χ1v) is 14.3. The quantitative estimate of drug-likeness (QED) is 0.197. The molecule has 0 bridgehead atoms. The third-order valence-electron chi connectivity index (χ3n) is 7.05. The van der Waals surface area contributed by atoms with Gasteiger partial charge in [0.2, 0.25) is 0 Å². The number of carboxylic acid groups (broad SMARTS) is 1. The molecule has 2 unspecified atom stereocenters. The van der Waals surface area contributed by atoms with Crippen LogP contribution in [0.2, 0.25) is 0 Å². The second-order valence-corrected chi connectivity index (χ2v) is 11.3. The Labute approximate surface area is 229 Å². The maximum Gasteiger partial charge on any atom is 0.409 e. The number of carbonyl (C=O) groups is 3. The van der Waals surface area contributed by atoms with Crippen LogP contribution in [0.4, 0.5) is 4.79 Å². The predicted octanol–water partition coefficient (Wildman–Crippen LogP) is 6.49. The normalized spacial score (nSPS) is 17.4. The molecular weight excluding hydrogens is 502 g/mol. The number of ether oxygens (including phenoxy) is 2. The number of ketones is 1. The highest BCUT2D eigenvalue weighted by Crippen LogP contribution is 2.39. The Morgan fingerprint density at radius 1 is 1.05 bits per heavy atom. The van der Waals surface area contributed by atoms with E-state index in [1.807, 2.05) is 56.5 Å². The fourth-order valence-corrected chi connectivity index (χ4v) is 5.19. The summed E-state index contributed by atoms with van der Waals surface area (Å²) >= 11 is 1.61. The Morgan fingerprint density at radius 2 is 1.68 bits per heavy atom. The minimum atomic E-state index is -1.38. The zero-order valence-electron chi connectivity index (χ0n) is 23.2. The second kappa shape index (κ2) is 12.7. The van der Waals surface area contributed by atoms with Crippen LogP contribution in [-0.2, 0) is 9.53 Å². The lowest BCUT2D eigenvalue weighted by atomic mass is 9.82. The first-order chi connectivity index (χ1) is 18.0. The number of thioether (sulfide) groups is 1. The third kappa shape index (κ3) is 6.90. The van der Waals surface area contributed by atoms with Crippen molar-refractivity contribution in [1.29, 1.82) is 0 Å². The lowest BCUT2D eigenvalue weighted by Crippen LogP contribution is -2.38. The highest BCUT2D eigenvalue weighted by Gasteiger charge is 2.41. The van der Waals surface area contributed by atoms with Gasteiger partial charge in [-0.2, -0.15) is 0 Å². The van der Waals surface area contributed by atoms with Gasteiger partial charge in [0.1, 0.15) is 5.75 Å². The summed E-state index contributed by atoms with van der Waals surface area (Å²) in [6.45, 7) is 9.88. The zero-order chi connectivity index (χ0) is 28.0. The first kappa shape index (κ1) is 29.6. The monoisotopic (exact) mass is 541 g/mol. The topological polar surface area (TPSA) is 93.1 Å². The van der Waals surface area contributed by atoms with E-state index in [0.717, 1.165) is 40.8 Å². The van der Waals surface area contributed by atoms with Gasteiger partial charge in [-0.3, -0.25) is 4.79 Å². The molecular formula is C30H39NO6S. The van der Waals surface area contributed by atoms with Gasteiger partial charge >= 0.3 is 12.1 Å². The van der Waals surface area contributed by atoms with Gasteiger partial charge < -0.3 is 19.5 Å². The summed E-state index contributed by atoms with van der Waals surface area (Å²) in [5, 5.41) is 9.51. The predicted molar refractivity (Wildman–Crippen MR) is 149 cm³/mol. The van der Waals surface area contributed by atoms with Gasteiger partial charge in [0.25, 0.3) is 0 Å². The van der Waals surface area contributed by atoms with E-state index in [0.29, 0.717) is 24.5 Å². The van der Waals surface area contributed by atoms with Gasteiger partial charge in [-0.25, -0.2) is 9.59 Å². The summed E-state index contributed by atoms with van der Waals surface area (Å²) in [5.74, 6) is -1.21. The lowest BCUT2D eigenvalue weighted by Gasteiger charge is -2.26. The molecule has 0 aliphatic carbocycles. The van der Waals surface area contributed by atoms with Crippen molar-refractivity contribution in [3.8, 4) is 5.75 Å². The molecule has 1 aliphatic rings. The van der Waals surface area contributed by atoms with Crippen molar-refractivity contribution in [3.05, 3.63) is 58.7 Å². The summed E-state index contributed by atoms with van der Waals surface area (Å²) in [4.78, 5) is 40.9. The van der Waals surface area contributed by atoms with Crippen LogP contribution in [-0.4, -0.2) is 59.4 Å². The first-order valence-electron chi connectivity index (χ1n) is 13.1. The number of aryl methyl sites for hydroxylation is 2. The van der Waals surface area contributed by atoms with Gasteiger partial charge in [0, 0.05) is 35.4 Å². The Bertz CT molecular complexity index is 1140. The van der Waals surface area contributed by atoms with Crippen LogP contribution in [0.3, 0.4) is 0 Å². The van der Waals surface area contributed by atoms with E-state index < -0.39 is 23.6 Å². The molecule has 0 spiro atoms. The van der Waals surface area contributed by atoms with Crippen LogP contribution in [0.15, 0.2) is 41.3 Å². The Kier molecular flexibility index (Phi) is 9.88. The van der Waals surface area contributed by atoms with Gasteiger partial charge in [0.15, 0.2) is 11.4 Å². The molecule has 8 heteroatoms. The van der Waals surface area contributed by atoms with E-state index in [1.165, 1.54) is 13.8 Å². The summed E-state index contributed by atoms with van der Waals surface area (Å²) < 4.78 is 11.4. The van der Waals surface area contributed by atoms with E-state index in [2.05, 4.69) is 6.92 Å². The molecule has 2 aromatic carbocycles. The second-order valence-electron chi connectivity index (χ2n) is 10.4. The number of unbranched alkanes of at least 4 members (excludes halogenated alkanes) is 2. The van der Waals surface area contributed by atoms with E-state index in [1.54, 1.807) is 16.7 Å². The van der Waals surface area contributed by atoms with E-state index in [-0.39, 0.29) is 18.2 Å². The number of carbonyl (C=O) groups excluding carboxylic acids is 2. The number of likely N-dealkylation sites (tertiary alicyclic amines) is 1. The number of hydrogen-bond acceptors (Lipinski definition) is 6. The van der Waals surface area contributed by atoms with Crippen LogP contribution < -0.4 is 4.74 Å². The molecule has 0 saturated carbocycles. The molecule has 3 rings (SSSR count). The van der Waals surface area contributed by atoms with Gasteiger partial charge in [-0.1, -0.05) is 44.0 Å². The molecule has 38 heavy (non-hydrogen) atoms. The van der Waals surface area contributed by atoms with Gasteiger partial charge in [-0.15, -0.1) is 11.8 Å². The Hall–Kier alpha value is -3.00. The van der Waals surface area contributed by atoms with E-state index in [4.69, 9.17) is 9.47 Å². The number of rotatable bonds is 11. The lowest BCUT2D eigenvalue weighted by molar-refractivity contribution is -0.152. The molecule has 1 aliphatic heterocycles. The maximum atomic E-state index is 13.7. The van der Waals surface area contributed by atoms with Crippen molar-refractivity contribution in [1.82, 2.24) is 4.90 Å². The number of aliphatic carboxylic acids is 1. The fraction of sp³-hybridized carbons (Fsp3) is 0.500. The number of carboxylic acids is 1. The molecule has 2 atom stereocenters. The molecule has 0 aromatic heterocycles. The van der Waals surface area contributed by atoms with E-state index >= 15 is 0 Å². The van der Waals surface area contributed by atoms with Crippen LogP contribution in [0.1, 0.15) is 73.0 Å². The van der Waals surface area contributed by atoms with Crippen molar-refractivity contribution in [2.75, 3.05) is 26.0 Å². The largest absolute Gasteiger partial charge is 0.478 e. The Morgan fingerprint density at radius 3 is 2.24 bits per heavy atom. The number of benzene rings is 2. The van der Waals surface area contributed by atoms with Crippen LogP contribution in [0.5, 0.6) is 5.75 Å². The molecule has 0 radical (unpaired) electrons. The average Bonchev–Trinajstić information content (AvgIpc) is 3.34. The smallest absolute Gasteiger partial charge is 0.409 e. The average molecular weight is 542 g/mol. The molecule has 7 nitrogen and oxygen atoms in total. The number of Topliss-reactive ketones (excluding diaryl/α,β-unsaturated/α-hetero) is 1.